The molecule has 0 amide bonds. The van der Waals surface area contributed by atoms with Gasteiger partial charge in [0.1, 0.15) is 0 Å². The highest BCUT2D eigenvalue weighted by molar-refractivity contribution is 7.20. The summed E-state index contributed by atoms with van der Waals surface area (Å²) in [5.41, 5.74) is 1.45. The van der Waals surface area contributed by atoms with Crippen LogP contribution in [0.15, 0.2) is 6.07 Å². The number of hydrogen-bond acceptors (Lipinski definition) is 2. The van der Waals surface area contributed by atoms with Gasteiger partial charge >= 0.3 is 0 Å². The van der Waals surface area contributed by atoms with Crippen molar-refractivity contribution in [2.24, 2.45) is 11.3 Å². The number of thiophene rings is 1. The maximum Gasteiger partial charge on any atom is 0.0991 e. The highest BCUT2D eigenvalue weighted by atomic mass is 35.5. The Morgan fingerprint density at radius 3 is 2.33 bits per heavy atom. The molecule has 104 valence electrons. The van der Waals surface area contributed by atoms with E-state index in [-0.39, 0.29) is 0 Å². The summed E-state index contributed by atoms with van der Waals surface area (Å²) in [4.78, 5) is 0. The van der Waals surface area contributed by atoms with Crippen LogP contribution in [-0.2, 0) is 0 Å². The van der Waals surface area contributed by atoms with E-state index in [1.54, 1.807) is 0 Å². The normalized spacial score (nSPS) is 15.7. The summed E-state index contributed by atoms with van der Waals surface area (Å²) in [7, 11) is 0. The quantitative estimate of drug-likeness (QED) is 0.727. The molecule has 0 aliphatic carbocycles. The standard InChI is InChI=1S/C14H23Cl2NS/c1-6-17-11(7-9(2)14(3,4)5)10-8-12(15)18-13(10)16/h8-9,11,17H,6-7H2,1-5H3. The van der Waals surface area contributed by atoms with Crippen LogP contribution in [0, 0.1) is 11.3 Å². The molecule has 0 saturated carbocycles. The molecule has 2 atom stereocenters. The lowest BCUT2D eigenvalue weighted by Crippen LogP contribution is -2.27. The fourth-order valence-electron chi connectivity index (χ4n) is 1.86. The van der Waals surface area contributed by atoms with Crippen LogP contribution < -0.4 is 5.32 Å². The van der Waals surface area contributed by atoms with Gasteiger partial charge in [0.15, 0.2) is 0 Å². The lowest BCUT2D eigenvalue weighted by Gasteiger charge is -2.31. The molecule has 1 aromatic rings. The first-order chi connectivity index (χ1) is 8.25. The number of hydrogen-bond donors (Lipinski definition) is 1. The zero-order valence-corrected chi connectivity index (χ0v) is 14.1. The Morgan fingerprint density at radius 2 is 1.94 bits per heavy atom. The topological polar surface area (TPSA) is 12.0 Å². The molecule has 0 aliphatic heterocycles. The van der Waals surface area contributed by atoms with Crippen LogP contribution in [0.25, 0.3) is 0 Å². The summed E-state index contributed by atoms with van der Waals surface area (Å²) in [6, 6.07) is 2.29. The zero-order chi connectivity index (χ0) is 13.9. The minimum atomic E-state index is 0.292. The van der Waals surface area contributed by atoms with Gasteiger partial charge in [-0.2, -0.15) is 0 Å². The molecule has 0 radical (unpaired) electrons. The van der Waals surface area contributed by atoms with Crippen LogP contribution in [0.1, 0.15) is 52.6 Å². The van der Waals surface area contributed by atoms with Crippen LogP contribution in [0.5, 0.6) is 0 Å². The first-order valence-corrected chi connectivity index (χ1v) is 8.01. The summed E-state index contributed by atoms with van der Waals surface area (Å²) in [6.45, 7) is 12.2. The number of nitrogens with one attached hydrogen (secondary N) is 1. The van der Waals surface area contributed by atoms with Gasteiger partial charge in [0.05, 0.1) is 8.67 Å². The van der Waals surface area contributed by atoms with Crippen molar-refractivity contribution in [2.75, 3.05) is 6.54 Å². The molecule has 0 aliphatic rings. The second-order valence-corrected chi connectivity index (χ2v) is 8.18. The molecule has 1 nitrogen and oxygen atoms in total. The van der Waals surface area contributed by atoms with Gasteiger partial charge in [-0.25, -0.2) is 0 Å². The number of rotatable bonds is 5. The van der Waals surface area contributed by atoms with Gasteiger partial charge in [0.2, 0.25) is 0 Å². The van der Waals surface area contributed by atoms with Crippen LogP contribution in [-0.4, -0.2) is 6.54 Å². The fraction of sp³-hybridized carbons (Fsp3) is 0.714. The van der Waals surface area contributed by atoms with E-state index in [0.717, 1.165) is 27.2 Å². The van der Waals surface area contributed by atoms with Crippen molar-refractivity contribution in [3.63, 3.8) is 0 Å². The molecule has 0 saturated heterocycles. The summed E-state index contributed by atoms with van der Waals surface area (Å²) in [5.74, 6) is 0.608. The second-order valence-electron chi connectivity index (χ2n) is 5.89. The molecule has 4 heteroatoms. The molecule has 2 unspecified atom stereocenters. The predicted octanol–water partition coefficient (Wildman–Crippen LogP) is 5.78. The van der Waals surface area contributed by atoms with Crippen molar-refractivity contribution in [3.8, 4) is 0 Å². The van der Waals surface area contributed by atoms with E-state index in [2.05, 4.69) is 39.9 Å². The predicted molar refractivity (Wildman–Crippen MR) is 84.0 cm³/mol. The largest absolute Gasteiger partial charge is 0.310 e. The summed E-state index contributed by atoms with van der Waals surface area (Å²) in [5, 5.41) is 3.52. The Labute approximate surface area is 125 Å². The average Bonchev–Trinajstić information content (AvgIpc) is 2.55. The molecule has 1 N–H and O–H groups in total. The first-order valence-electron chi connectivity index (χ1n) is 6.43. The van der Waals surface area contributed by atoms with Gasteiger partial charge in [-0.3, -0.25) is 0 Å². The molecule has 0 aromatic carbocycles. The van der Waals surface area contributed by atoms with E-state index in [4.69, 9.17) is 23.2 Å². The fourth-order valence-corrected chi connectivity index (χ4v) is 3.44. The first kappa shape index (κ1) is 16.3. The van der Waals surface area contributed by atoms with E-state index in [1.807, 2.05) is 6.07 Å². The van der Waals surface area contributed by atoms with E-state index >= 15 is 0 Å². The van der Waals surface area contributed by atoms with Crippen molar-refractivity contribution >= 4 is 34.5 Å². The highest BCUT2D eigenvalue weighted by Gasteiger charge is 2.25. The van der Waals surface area contributed by atoms with Crippen LogP contribution in [0.2, 0.25) is 8.67 Å². The maximum absolute atomic E-state index is 6.27. The molecular weight excluding hydrogens is 285 g/mol. The Bertz CT molecular complexity index is 382. The van der Waals surface area contributed by atoms with Crippen molar-refractivity contribution < 1.29 is 0 Å². The summed E-state index contributed by atoms with van der Waals surface area (Å²) >= 11 is 13.8. The maximum atomic E-state index is 6.27. The van der Waals surface area contributed by atoms with Gasteiger partial charge in [-0.05, 0) is 30.4 Å². The molecule has 1 heterocycles. The zero-order valence-electron chi connectivity index (χ0n) is 11.8. The molecule has 1 aromatic heterocycles. The molecule has 18 heavy (non-hydrogen) atoms. The van der Waals surface area contributed by atoms with Gasteiger partial charge in [-0.15, -0.1) is 11.3 Å². The molecule has 0 spiro atoms. The lowest BCUT2D eigenvalue weighted by molar-refractivity contribution is 0.224. The monoisotopic (exact) mass is 307 g/mol. The average molecular weight is 308 g/mol. The second kappa shape index (κ2) is 6.60. The highest BCUT2D eigenvalue weighted by Crippen LogP contribution is 2.39. The van der Waals surface area contributed by atoms with Crippen molar-refractivity contribution in [1.82, 2.24) is 5.32 Å². The molecular formula is C14H23Cl2NS. The Morgan fingerprint density at radius 1 is 1.33 bits per heavy atom. The molecule has 0 fully saturated rings. The van der Waals surface area contributed by atoms with E-state index in [1.165, 1.54) is 11.3 Å². The Balaban J connectivity index is 2.86. The van der Waals surface area contributed by atoms with E-state index in [9.17, 15) is 0 Å². The summed E-state index contributed by atoms with van der Waals surface area (Å²) in [6.07, 6.45) is 1.07. The summed E-state index contributed by atoms with van der Waals surface area (Å²) < 4.78 is 1.58. The van der Waals surface area contributed by atoms with Crippen molar-refractivity contribution in [1.29, 1.82) is 0 Å². The van der Waals surface area contributed by atoms with Crippen molar-refractivity contribution in [3.05, 3.63) is 20.3 Å². The van der Waals surface area contributed by atoms with Crippen molar-refractivity contribution in [2.45, 2.75) is 47.1 Å². The smallest absolute Gasteiger partial charge is 0.0991 e. The van der Waals surface area contributed by atoms with Crippen LogP contribution >= 0.6 is 34.5 Å². The minimum absolute atomic E-state index is 0.292. The van der Waals surface area contributed by atoms with E-state index < -0.39 is 0 Å². The third-order valence-electron chi connectivity index (χ3n) is 3.58. The third kappa shape index (κ3) is 4.41. The molecule has 1 rings (SSSR count). The minimum Gasteiger partial charge on any atom is -0.310 e. The van der Waals surface area contributed by atoms with Crippen LogP contribution in [0.3, 0.4) is 0 Å². The van der Waals surface area contributed by atoms with Gasteiger partial charge in [0, 0.05) is 11.6 Å². The number of halogens is 2. The third-order valence-corrected chi connectivity index (χ3v) is 5.09. The SMILES string of the molecule is CCNC(CC(C)C(C)(C)C)c1cc(Cl)sc1Cl. The van der Waals surface area contributed by atoms with E-state index in [0.29, 0.717) is 17.4 Å². The molecule has 0 bridgehead atoms. The van der Waals surface area contributed by atoms with Gasteiger partial charge in [0.25, 0.3) is 0 Å². The van der Waals surface area contributed by atoms with Crippen LogP contribution in [0.4, 0.5) is 0 Å². The Kier molecular flexibility index (Phi) is 5.98. The van der Waals surface area contributed by atoms with Gasteiger partial charge in [-0.1, -0.05) is 57.8 Å². The lowest BCUT2D eigenvalue weighted by atomic mass is 9.78. The van der Waals surface area contributed by atoms with Gasteiger partial charge < -0.3 is 5.32 Å². The Hall–Kier alpha value is 0.240.